The van der Waals surface area contributed by atoms with E-state index in [1.807, 2.05) is 18.3 Å². The molecule has 0 radical (unpaired) electrons. The van der Waals surface area contributed by atoms with Gasteiger partial charge >= 0.3 is 0 Å². The fourth-order valence-electron chi connectivity index (χ4n) is 4.69. The van der Waals surface area contributed by atoms with Crippen LogP contribution in [0.5, 0.6) is 0 Å². The number of thiocarbonyl (C=S) groups is 1. The predicted molar refractivity (Wildman–Crippen MR) is 142 cm³/mol. The molecule has 0 spiro atoms. The minimum atomic E-state index is -0.0481. The van der Waals surface area contributed by atoms with E-state index in [4.69, 9.17) is 12.2 Å². The number of pyridine rings is 1. The standard InChI is InChI=1S/C27H25BrN4S/c1-18-16-23(19(2)31(18)17-20-8-4-3-5-9-20)26-25(24-10-6-7-15-29-24)30-27(33)32(26)22-13-11-21(28)12-14-22/h3-16,25-26H,17H2,1-2H3,(H,30,33)/t25-,26+/m1/s1. The van der Waals surface area contributed by atoms with Crippen molar-refractivity contribution in [2.75, 3.05) is 4.90 Å². The van der Waals surface area contributed by atoms with Crippen molar-refractivity contribution >= 4 is 38.9 Å². The summed E-state index contributed by atoms with van der Waals surface area (Å²) >= 11 is 9.42. The van der Waals surface area contributed by atoms with Crippen LogP contribution in [0.15, 0.2) is 89.5 Å². The molecule has 5 rings (SSSR count). The highest BCUT2D eigenvalue weighted by Crippen LogP contribution is 2.43. The fourth-order valence-corrected chi connectivity index (χ4v) is 5.30. The first kappa shape index (κ1) is 21.9. The quantitative estimate of drug-likeness (QED) is 0.307. The second-order valence-electron chi connectivity index (χ2n) is 8.37. The number of hydrogen-bond acceptors (Lipinski definition) is 2. The van der Waals surface area contributed by atoms with Gasteiger partial charge in [0.1, 0.15) is 0 Å². The normalized spacial score (nSPS) is 17.9. The summed E-state index contributed by atoms with van der Waals surface area (Å²) in [7, 11) is 0. The van der Waals surface area contributed by atoms with Gasteiger partial charge < -0.3 is 14.8 Å². The van der Waals surface area contributed by atoms with E-state index in [2.05, 4.69) is 116 Å². The first-order chi connectivity index (χ1) is 16.0. The Morgan fingerprint density at radius 3 is 2.39 bits per heavy atom. The molecule has 2 aromatic heterocycles. The molecular formula is C27H25BrN4S. The number of anilines is 1. The lowest BCUT2D eigenvalue weighted by Gasteiger charge is -2.28. The highest BCUT2D eigenvalue weighted by molar-refractivity contribution is 9.10. The van der Waals surface area contributed by atoms with Gasteiger partial charge in [-0.2, -0.15) is 0 Å². The fraction of sp³-hybridized carbons (Fsp3) is 0.185. The van der Waals surface area contributed by atoms with Crippen LogP contribution in [0.1, 0.15) is 40.3 Å². The van der Waals surface area contributed by atoms with Crippen LogP contribution in [-0.2, 0) is 6.54 Å². The molecule has 33 heavy (non-hydrogen) atoms. The molecular weight excluding hydrogens is 492 g/mol. The maximum absolute atomic E-state index is 5.87. The van der Waals surface area contributed by atoms with Crippen molar-refractivity contribution in [3.05, 3.63) is 118 Å². The van der Waals surface area contributed by atoms with Gasteiger partial charge in [-0.3, -0.25) is 4.98 Å². The molecule has 1 saturated heterocycles. The topological polar surface area (TPSA) is 33.1 Å². The van der Waals surface area contributed by atoms with Crippen LogP contribution in [0.25, 0.3) is 0 Å². The molecule has 4 nitrogen and oxygen atoms in total. The van der Waals surface area contributed by atoms with E-state index in [1.54, 1.807) is 0 Å². The molecule has 0 aliphatic carbocycles. The number of aromatic nitrogens is 2. The van der Waals surface area contributed by atoms with Gasteiger partial charge in [-0.05, 0) is 79.7 Å². The van der Waals surface area contributed by atoms with E-state index >= 15 is 0 Å². The molecule has 1 aliphatic heterocycles. The minimum absolute atomic E-state index is 0.00991. The number of aryl methyl sites for hydroxylation is 1. The third-order valence-corrected chi connectivity index (χ3v) is 7.16. The van der Waals surface area contributed by atoms with Crippen LogP contribution in [0, 0.1) is 13.8 Å². The molecule has 3 heterocycles. The van der Waals surface area contributed by atoms with Crippen molar-refractivity contribution in [3.63, 3.8) is 0 Å². The molecule has 6 heteroatoms. The summed E-state index contributed by atoms with van der Waals surface area (Å²) in [4.78, 5) is 6.91. The Morgan fingerprint density at radius 2 is 1.70 bits per heavy atom. The average molecular weight is 517 g/mol. The van der Waals surface area contributed by atoms with E-state index in [-0.39, 0.29) is 12.1 Å². The first-order valence-electron chi connectivity index (χ1n) is 11.0. The second-order valence-corrected chi connectivity index (χ2v) is 9.67. The van der Waals surface area contributed by atoms with E-state index in [0.29, 0.717) is 5.11 Å². The van der Waals surface area contributed by atoms with Gasteiger partial charge in [-0.25, -0.2) is 0 Å². The van der Waals surface area contributed by atoms with Crippen LogP contribution < -0.4 is 10.2 Å². The van der Waals surface area contributed by atoms with Crippen molar-refractivity contribution in [2.45, 2.75) is 32.5 Å². The Hall–Kier alpha value is -2.96. The Morgan fingerprint density at radius 1 is 0.970 bits per heavy atom. The van der Waals surface area contributed by atoms with Gasteiger partial charge in [0.25, 0.3) is 0 Å². The molecule has 166 valence electrons. The summed E-state index contributed by atoms with van der Waals surface area (Å²) in [5.41, 5.74) is 7.08. The van der Waals surface area contributed by atoms with Gasteiger partial charge in [0.05, 0.1) is 17.8 Å². The van der Waals surface area contributed by atoms with Gasteiger partial charge in [0.15, 0.2) is 5.11 Å². The van der Waals surface area contributed by atoms with Crippen LogP contribution >= 0.6 is 28.1 Å². The number of nitrogens with zero attached hydrogens (tertiary/aromatic N) is 3. The van der Waals surface area contributed by atoms with Crippen LogP contribution in [0.3, 0.4) is 0 Å². The van der Waals surface area contributed by atoms with Crippen LogP contribution in [0.4, 0.5) is 5.69 Å². The maximum Gasteiger partial charge on any atom is 0.174 e. The molecule has 1 aliphatic rings. The molecule has 0 unspecified atom stereocenters. The molecule has 0 amide bonds. The van der Waals surface area contributed by atoms with E-state index < -0.39 is 0 Å². The van der Waals surface area contributed by atoms with Crippen molar-refractivity contribution in [1.29, 1.82) is 0 Å². The maximum atomic E-state index is 5.87. The number of nitrogens with one attached hydrogen (secondary N) is 1. The Bertz CT molecular complexity index is 1270. The van der Waals surface area contributed by atoms with E-state index in [9.17, 15) is 0 Å². The smallest absolute Gasteiger partial charge is 0.174 e. The molecule has 0 saturated carbocycles. The number of halogens is 1. The zero-order valence-electron chi connectivity index (χ0n) is 18.6. The highest BCUT2D eigenvalue weighted by atomic mass is 79.9. The molecule has 0 bridgehead atoms. The first-order valence-corrected chi connectivity index (χ1v) is 12.2. The van der Waals surface area contributed by atoms with Crippen molar-refractivity contribution in [2.24, 2.45) is 0 Å². The number of benzene rings is 2. The van der Waals surface area contributed by atoms with Gasteiger partial charge in [-0.15, -0.1) is 0 Å². The largest absolute Gasteiger partial charge is 0.351 e. The molecule has 2 aromatic carbocycles. The monoisotopic (exact) mass is 516 g/mol. The lowest BCUT2D eigenvalue weighted by molar-refractivity contribution is 0.563. The summed E-state index contributed by atoms with van der Waals surface area (Å²) < 4.78 is 3.43. The van der Waals surface area contributed by atoms with Crippen molar-refractivity contribution in [3.8, 4) is 0 Å². The molecule has 1 fully saturated rings. The SMILES string of the molecule is Cc1cc([C@H]2[C@@H](c3ccccn3)NC(=S)N2c2ccc(Br)cc2)c(C)n1Cc1ccccc1. The Kier molecular flexibility index (Phi) is 6.04. The molecule has 2 atom stereocenters. The lowest BCUT2D eigenvalue weighted by Crippen LogP contribution is -2.29. The Labute approximate surface area is 208 Å². The summed E-state index contributed by atoms with van der Waals surface area (Å²) in [6.45, 7) is 5.23. The summed E-state index contributed by atoms with van der Waals surface area (Å²) in [5.74, 6) is 0. The van der Waals surface area contributed by atoms with Crippen molar-refractivity contribution in [1.82, 2.24) is 14.9 Å². The molecule has 4 aromatic rings. The summed E-state index contributed by atoms with van der Waals surface area (Å²) in [6.07, 6.45) is 1.85. The zero-order valence-corrected chi connectivity index (χ0v) is 21.0. The van der Waals surface area contributed by atoms with Gasteiger partial charge in [0, 0.05) is 34.3 Å². The predicted octanol–water partition coefficient (Wildman–Crippen LogP) is 6.49. The zero-order chi connectivity index (χ0) is 22.9. The summed E-state index contributed by atoms with van der Waals surface area (Å²) in [5, 5.41) is 4.28. The van der Waals surface area contributed by atoms with Gasteiger partial charge in [-0.1, -0.05) is 52.3 Å². The van der Waals surface area contributed by atoms with Crippen LogP contribution in [-0.4, -0.2) is 14.7 Å². The third kappa shape index (κ3) is 4.21. The third-order valence-electron chi connectivity index (χ3n) is 6.32. The average Bonchev–Trinajstić information content (AvgIpc) is 3.32. The van der Waals surface area contributed by atoms with E-state index in [1.165, 1.54) is 22.5 Å². The van der Waals surface area contributed by atoms with E-state index in [0.717, 1.165) is 22.4 Å². The van der Waals surface area contributed by atoms with Gasteiger partial charge in [0.2, 0.25) is 0 Å². The highest BCUT2D eigenvalue weighted by Gasteiger charge is 2.42. The lowest BCUT2D eigenvalue weighted by atomic mass is 9.96. The molecule has 1 N–H and O–H groups in total. The minimum Gasteiger partial charge on any atom is -0.351 e. The Balaban J connectivity index is 1.62. The van der Waals surface area contributed by atoms with Crippen LogP contribution in [0.2, 0.25) is 0 Å². The number of rotatable bonds is 5. The second kappa shape index (κ2) is 9.12. The summed E-state index contributed by atoms with van der Waals surface area (Å²) in [6, 6.07) is 27.2. The van der Waals surface area contributed by atoms with Crippen molar-refractivity contribution < 1.29 is 0 Å². The number of hydrogen-bond donors (Lipinski definition) is 1.